The number of benzene rings is 3. The topological polar surface area (TPSA) is 58.4 Å². The Morgan fingerprint density at radius 2 is 1.76 bits per heavy atom. The van der Waals surface area contributed by atoms with Gasteiger partial charge in [-0.2, -0.15) is 0 Å². The maximum atomic E-state index is 9.03. The van der Waals surface area contributed by atoms with E-state index in [0.29, 0.717) is 11.8 Å². The maximum absolute atomic E-state index is 9.03. The molecule has 0 spiro atoms. The first-order valence-corrected chi connectivity index (χ1v) is 13.4. The van der Waals surface area contributed by atoms with Crippen molar-refractivity contribution in [2.24, 2.45) is 4.99 Å². The average Bonchev–Trinajstić information content (AvgIpc) is 2.87. The summed E-state index contributed by atoms with van der Waals surface area (Å²) >= 11 is 0. The molecule has 1 N–H and O–H groups in total. The number of aliphatic hydroxyl groups is 1. The zero-order valence-electron chi connectivity index (χ0n) is 22.9. The molecular weight excluding hydrogens is 647 g/mol. The predicted octanol–water partition coefficient (Wildman–Crippen LogP) is 8.44. The molecule has 2 aliphatic carbocycles. The van der Waals surface area contributed by atoms with Crippen molar-refractivity contribution in [2.45, 2.75) is 78.2 Å². The number of nitrogens with zero attached hydrogens (tertiary/aromatic N) is 3. The van der Waals surface area contributed by atoms with Crippen LogP contribution in [0.3, 0.4) is 0 Å². The van der Waals surface area contributed by atoms with Gasteiger partial charge in [-0.3, -0.25) is 15.0 Å². The van der Waals surface area contributed by atoms with Gasteiger partial charge in [0.1, 0.15) is 0 Å². The van der Waals surface area contributed by atoms with Crippen LogP contribution < -0.4 is 0 Å². The van der Waals surface area contributed by atoms with Gasteiger partial charge in [-0.25, -0.2) is 0 Å². The number of hydrogen-bond acceptors (Lipinski definition) is 4. The summed E-state index contributed by atoms with van der Waals surface area (Å²) in [6.07, 6.45) is 8.15. The Morgan fingerprint density at radius 3 is 2.50 bits per heavy atom. The third kappa shape index (κ3) is 5.46. The number of fused-ring (bicyclic) bond motifs is 3. The second kappa shape index (κ2) is 11.5. The average molecular weight is 683 g/mol. The second-order valence-electron chi connectivity index (χ2n) is 11.0. The fraction of sp³-hybridized carbons (Fsp3) is 0.364. The molecule has 2 aliphatic rings. The number of aliphatic imine (C=N–C) groups is 1. The van der Waals surface area contributed by atoms with E-state index in [1.54, 1.807) is 13.0 Å². The molecule has 0 saturated heterocycles. The summed E-state index contributed by atoms with van der Waals surface area (Å²) in [7, 11) is 0. The van der Waals surface area contributed by atoms with E-state index in [-0.39, 0.29) is 25.5 Å². The van der Waals surface area contributed by atoms with Gasteiger partial charge in [0.25, 0.3) is 0 Å². The van der Waals surface area contributed by atoms with Gasteiger partial charge in [-0.15, -0.1) is 29.1 Å². The Labute approximate surface area is 239 Å². The molecule has 199 valence electrons. The molecule has 1 radical (unpaired) electrons. The monoisotopic (exact) mass is 683 g/mol. The van der Waals surface area contributed by atoms with E-state index in [4.69, 9.17) is 15.1 Å². The third-order valence-corrected chi connectivity index (χ3v) is 7.61. The molecule has 4 nitrogen and oxygen atoms in total. The van der Waals surface area contributed by atoms with Gasteiger partial charge in [0.2, 0.25) is 0 Å². The van der Waals surface area contributed by atoms with Crippen molar-refractivity contribution in [3.63, 3.8) is 0 Å². The Balaban J connectivity index is 0.000000207. The molecule has 5 heteroatoms. The van der Waals surface area contributed by atoms with E-state index in [9.17, 15) is 0 Å². The number of aryl methyl sites for hydroxylation is 1. The number of rotatable bonds is 2. The molecule has 6 rings (SSSR count). The minimum absolute atomic E-state index is 0. The first kappa shape index (κ1) is 28.1. The van der Waals surface area contributed by atoms with E-state index in [1.807, 2.05) is 25.1 Å². The Morgan fingerprint density at radius 1 is 1.03 bits per heavy atom. The van der Waals surface area contributed by atoms with Gasteiger partial charge in [-0.05, 0) is 51.3 Å². The standard InChI is InChI=1S/C22H17N2.C11H19NO.Ir/c1-13-7-4-12-17-19(13)24-21-20(23-17)15-10-5-8-14-9-6-11-16(18(14)15)22(21,2)3;1-9(8-10(2)13)12-11-6-4-3-5-7-11;/h4-9,11-12H,1-3H3;8,11,13H,3-7H2,1-2H3;/q-1;;/b;10-8-,12-9?;. The summed E-state index contributed by atoms with van der Waals surface area (Å²) < 4.78 is 0. The van der Waals surface area contributed by atoms with Crippen LogP contribution in [0.1, 0.15) is 76.6 Å². The zero-order chi connectivity index (χ0) is 26.2. The number of aliphatic hydroxyl groups excluding tert-OH is 1. The van der Waals surface area contributed by atoms with E-state index >= 15 is 0 Å². The minimum Gasteiger partial charge on any atom is -0.513 e. The van der Waals surface area contributed by atoms with Crippen molar-refractivity contribution in [2.75, 3.05) is 0 Å². The van der Waals surface area contributed by atoms with E-state index in [2.05, 4.69) is 62.2 Å². The van der Waals surface area contributed by atoms with Crippen LogP contribution >= 0.6 is 0 Å². The number of aromatic nitrogens is 2. The van der Waals surface area contributed by atoms with Crippen LogP contribution in [-0.2, 0) is 25.5 Å². The maximum Gasteiger partial charge on any atom is 0.0909 e. The van der Waals surface area contributed by atoms with Crippen molar-refractivity contribution >= 4 is 27.5 Å². The largest absolute Gasteiger partial charge is 0.513 e. The van der Waals surface area contributed by atoms with Crippen molar-refractivity contribution in [3.05, 3.63) is 83.3 Å². The normalized spacial score (nSPS) is 16.9. The van der Waals surface area contributed by atoms with Crippen LogP contribution in [0.4, 0.5) is 0 Å². The van der Waals surface area contributed by atoms with Crippen molar-refractivity contribution < 1.29 is 25.2 Å². The van der Waals surface area contributed by atoms with E-state index in [0.717, 1.165) is 33.7 Å². The summed E-state index contributed by atoms with van der Waals surface area (Å²) in [4.78, 5) is 14.6. The Kier molecular flexibility index (Phi) is 8.49. The van der Waals surface area contributed by atoms with Gasteiger partial charge in [0, 0.05) is 42.6 Å². The smallest absolute Gasteiger partial charge is 0.0909 e. The summed E-state index contributed by atoms with van der Waals surface area (Å²) in [5, 5.41) is 11.5. The molecule has 1 heterocycles. The molecule has 1 saturated carbocycles. The quantitative estimate of drug-likeness (QED) is 0.131. The zero-order valence-corrected chi connectivity index (χ0v) is 25.3. The fourth-order valence-electron chi connectivity index (χ4n) is 5.78. The molecule has 0 bridgehead atoms. The Bertz CT molecular complexity index is 1520. The third-order valence-electron chi connectivity index (χ3n) is 7.61. The summed E-state index contributed by atoms with van der Waals surface area (Å²) in [6.45, 7) is 10.2. The molecule has 0 unspecified atom stereocenters. The van der Waals surface area contributed by atoms with Crippen molar-refractivity contribution in [3.8, 4) is 11.3 Å². The Hall–Kier alpha value is -2.88. The van der Waals surface area contributed by atoms with Crippen LogP contribution in [0.2, 0.25) is 0 Å². The molecule has 1 aromatic heterocycles. The number of para-hydroxylation sites is 1. The second-order valence-corrected chi connectivity index (χ2v) is 11.0. The molecule has 0 amide bonds. The first-order chi connectivity index (χ1) is 17.8. The van der Waals surface area contributed by atoms with Gasteiger partial charge < -0.3 is 5.11 Å². The summed E-state index contributed by atoms with van der Waals surface area (Å²) in [5.41, 5.74) is 8.29. The number of allylic oxidation sites excluding steroid dienone is 2. The van der Waals surface area contributed by atoms with Crippen LogP contribution in [0, 0.1) is 13.0 Å². The molecule has 0 atom stereocenters. The summed E-state index contributed by atoms with van der Waals surface area (Å²) in [6, 6.07) is 20.7. The number of hydrogen-bond donors (Lipinski definition) is 1. The van der Waals surface area contributed by atoms with Crippen LogP contribution in [0.15, 0.2) is 65.4 Å². The van der Waals surface area contributed by atoms with Gasteiger partial charge >= 0.3 is 0 Å². The van der Waals surface area contributed by atoms with Crippen molar-refractivity contribution in [1.82, 2.24) is 9.97 Å². The SMILES string of the molecule is CC(/C=C(/C)O)=NC1CCCCC1.Cc1cccc2nc3c(nc12)C(C)(C)c1cccc2cc[c-]c-3c12.[Ir]. The van der Waals surface area contributed by atoms with Gasteiger partial charge in [-0.1, -0.05) is 74.4 Å². The molecule has 1 fully saturated rings. The van der Waals surface area contributed by atoms with Crippen molar-refractivity contribution in [1.29, 1.82) is 0 Å². The molecule has 4 aromatic rings. The molecule has 0 aliphatic heterocycles. The van der Waals surface area contributed by atoms with Crippen LogP contribution in [0.25, 0.3) is 33.1 Å². The molecule has 38 heavy (non-hydrogen) atoms. The van der Waals surface area contributed by atoms with E-state index in [1.165, 1.54) is 54.0 Å². The van der Waals surface area contributed by atoms with E-state index < -0.39 is 0 Å². The molecule has 3 aromatic carbocycles. The minimum atomic E-state index is -0.180. The predicted molar refractivity (Wildman–Crippen MR) is 155 cm³/mol. The van der Waals surface area contributed by atoms with Crippen LogP contribution in [0.5, 0.6) is 0 Å². The van der Waals surface area contributed by atoms with Gasteiger partial charge in [0.05, 0.1) is 22.8 Å². The van der Waals surface area contributed by atoms with Gasteiger partial charge in [0.15, 0.2) is 0 Å². The van der Waals surface area contributed by atoms with Crippen LogP contribution in [-0.4, -0.2) is 26.8 Å². The summed E-state index contributed by atoms with van der Waals surface area (Å²) in [5.74, 6) is 0.344. The molecular formula is C33H36IrN3O-. The fourth-order valence-corrected chi connectivity index (χ4v) is 5.78. The first-order valence-electron chi connectivity index (χ1n) is 13.4.